The molecule has 1 rings (SSSR count). The molecule has 1 atom stereocenters. The standard InChI is InChI=1S/C9H20N2O2/c1-11(2)5-4-10-7-9-3-6-12-8-13-9/h9-10H,3-8H2,1-2H3. The van der Waals surface area contributed by atoms with Crippen molar-refractivity contribution in [3.63, 3.8) is 0 Å². The second-order valence-corrected chi connectivity index (χ2v) is 3.61. The Balaban J connectivity index is 1.92. The van der Waals surface area contributed by atoms with Gasteiger partial charge >= 0.3 is 0 Å². The van der Waals surface area contributed by atoms with Gasteiger partial charge in [0.15, 0.2) is 0 Å². The predicted molar refractivity (Wildman–Crippen MR) is 51.7 cm³/mol. The van der Waals surface area contributed by atoms with Crippen LogP contribution in [0.3, 0.4) is 0 Å². The van der Waals surface area contributed by atoms with Crippen LogP contribution in [0.15, 0.2) is 0 Å². The third-order valence-corrected chi connectivity index (χ3v) is 2.08. The fourth-order valence-electron chi connectivity index (χ4n) is 1.23. The van der Waals surface area contributed by atoms with Crippen molar-refractivity contribution in [3.8, 4) is 0 Å². The van der Waals surface area contributed by atoms with Crippen molar-refractivity contribution in [1.82, 2.24) is 10.2 Å². The summed E-state index contributed by atoms with van der Waals surface area (Å²) in [7, 11) is 4.15. The molecule has 1 N–H and O–H groups in total. The average molecular weight is 188 g/mol. The monoisotopic (exact) mass is 188 g/mol. The normalized spacial score (nSPS) is 23.8. The zero-order chi connectivity index (χ0) is 9.52. The van der Waals surface area contributed by atoms with Gasteiger partial charge in [0, 0.05) is 19.6 Å². The molecule has 13 heavy (non-hydrogen) atoms. The molecule has 78 valence electrons. The van der Waals surface area contributed by atoms with Crippen molar-refractivity contribution < 1.29 is 9.47 Å². The Morgan fingerprint density at radius 2 is 2.31 bits per heavy atom. The Morgan fingerprint density at radius 1 is 1.46 bits per heavy atom. The highest BCUT2D eigenvalue weighted by atomic mass is 16.7. The van der Waals surface area contributed by atoms with Gasteiger partial charge in [0.05, 0.1) is 12.7 Å². The van der Waals surface area contributed by atoms with Gasteiger partial charge in [-0.2, -0.15) is 0 Å². The lowest BCUT2D eigenvalue weighted by atomic mass is 10.2. The number of hydrogen-bond acceptors (Lipinski definition) is 4. The number of rotatable bonds is 5. The first-order valence-electron chi connectivity index (χ1n) is 4.84. The van der Waals surface area contributed by atoms with E-state index in [-0.39, 0.29) is 0 Å². The smallest absolute Gasteiger partial charge is 0.147 e. The number of nitrogens with zero attached hydrogens (tertiary/aromatic N) is 1. The molecule has 0 aromatic carbocycles. The lowest BCUT2D eigenvalue weighted by Gasteiger charge is -2.23. The van der Waals surface area contributed by atoms with Crippen LogP contribution in [0.25, 0.3) is 0 Å². The highest BCUT2D eigenvalue weighted by molar-refractivity contribution is 4.63. The van der Waals surface area contributed by atoms with Gasteiger partial charge in [0.2, 0.25) is 0 Å². The zero-order valence-electron chi connectivity index (χ0n) is 8.58. The van der Waals surface area contributed by atoms with Crippen LogP contribution in [0.2, 0.25) is 0 Å². The van der Waals surface area contributed by atoms with E-state index >= 15 is 0 Å². The largest absolute Gasteiger partial charge is 0.355 e. The van der Waals surface area contributed by atoms with Crippen LogP contribution in [-0.4, -0.2) is 58.1 Å². The van der Waals surface area contributed by atoms with Crippen LogP contribution in [0, 0.1) is 0 Å². The van der Waals surface area contributed by atoms with Gasteiger partial charge < -0.3 is 19.7 Å². The molecule has 0 saturated carbocycles. The van der Waals surface area contributed by atoms with Crippen LogP contribution in [0.1, 0.15) is 6.42 Å². The molecule has 1 aliphatic rings. The highest BCUT2D eigenvalue weighted by Crippen LogP contribution is 2.03. The van der Waals surface area contributed by atoms with Crippen LogP contribution < -0.4 is 5.32 Å². The van der Waals surface area contributed by atoms with Crippen LogP contribution in [0.5, 0.6) is 0 Å². The molecule has 1 heterocycles. The molecule has 0 amide bonds. The minimum atomic E-state index is 0.343. The molecular weight excluding hydrogens is 168 g/mol. The van der Waals surface area contributed by atoms with Gasteiger partial charge in [0.25, 0.3) is 0 Å². The van der Waals surface area contributed by atoms with E-state index in [9.17, 15) is 0 Å². The van der Waals surface area contributed by atoms with Gasteiger partial charge in [-0.25, -0.2) is 0 Å². The van der Waals surface area contributed by atoms with Gasteiger partial charge in [-0.3, -0.25) is 0 Å². The van der Waals surface area contributed by atoms with Crippen molar-refractivity contribution in [1.29, 1.82) is 0 Å². The maximum absolute atomic E-state index is 5.39. The van der Waals surface area contributed by atoms with Crippen molar-refractivity contribution in [2.75, 3.05) is 47.1 Å². The molecule has 1 fully saturated rings. The highest BCUT2D eigenvalue weighted by Gasteiger charge is 2.12. The minimum Gasteiger partial charge on any atom is -0.355 e. The fourth-order valence-corrected chi connectivity index (χ4v) is 1.23. The summed E-state index contributed by atoms with van der Waals surface area (Å²) in [5.74, 6) is 0. The van der Waals surface area contributed by atoms with Gasteiger partial charge in [-0.05, 0) is 20.5 Å². The first-order chi connectivity index (χ1) is 6.29. The molecule has 1 unspecified atom stereocenters. The summed E-state index contributed by atoms with van der Waals surface area (Å²) in [6.07, 6.45) is 1.35. The van der Waals surface area contributed by atoms with Gasteiger partial charge in [0.1, 0.15) is 6.79 Å². The molecule has 0 bridgehead atoms. The first-order valence-corrected chi connectivity index (χ1v) is 4.84. The predicted octanol–water partition coefficient (Wildman–Crippen LogP) is -0.0994. The van der Waals surface area contributed by atoms with Crippen molar-refractivity contribution in [2.45, 2.75) is 12.5 Å². The molecule has 0 aliphatic carbocycles. The number of ether oxygens (including phenoxy) is 2. The summed E-state index contributed by atoms with van der Waals surface area (Å²) in [4.78, 5) is 2.16. The van der Waals surface area contributed by atoms with Crippen molar-refractivity contribution in [2.24, 2.45) is 0 Å². The summed E-state index contributed by atoms with van der Waals surface area (Å²) in [6.45, 7) is 4.33. The van der Waals surface area contributed by atoms with E-state index < -0.39 is 0 Å². The van der Waals surface area contributed by atoms with Gasteiger partial charge in [-0.1, -0.05) is 0 Å². The summed E-state index contributed by atoms with van der Waals surface area (Å²) in [5, 5.41) is 3.36. The van der Waals surface area contributed by atoms with Crippen LogP contribution in [-0.2, 0) is 9.47 Å². The minimum absolute atomic E-state index is 0.343. The molecule has 1 aliphatic heterocycles. The number of hydrogen-bond donors (Lipinski definition) is 1. The van der Waals surface area contributed by atoms with Gasteiger partial charge in [-0.15, -0.1) is 0 Å². The molecule has 4 heteroatoms. The average Bonchev–Trinajstić information content (AvgIpc) is 2.14. The molecule has 4 nitrogen and oxygen atoms in total. The topological polar surface area (TPSA) is 33.7 Å². The van der Waals surface area contributed by atoms with Crippen molar-refractivity contribution in [3.05, 3.63) is 0 Å². The van der Waals surface area contributed by atoms with E-state index in [2.05, 4.69) is 24.3 Å². The van der Waals surface area contributed by atoms with E-state index in [1.807, 2.05) is 0 Å². The molecular formula is C9H20N2O2. The van der Waals surface area contributed by atoms with E-state index in [1.54, 1.807) is 0 Å². The lowest BCUT2D eigenvalue weighted by molar-refractivity contribution is -0.137. The summed E-state index contributed by atoms with van der Waals surface area (Å²) in [5.41, 5.74) is 0. The first kappa shape index (κ1) is 10.9. The molecule has 0 spiro atoms. The Labute approximate surface area is 80.2 Å². The van der Waals surface area contributed by atoms with E-state index in [1.165, 1.54) is 0 Å². The molecule has 1 saturated heterocycles. The number of likely N-dealkylation sites (N-methyl/N-ethyl adjacent to an activating group) is 1. The van der Waals surface area contributed by atoms with E-state index in [4.69, 9.17) is 9.47 Å². The lowest BCUT2D eigenvalue weighted by Crippen LogP contribution is -2.36. The second-order valence-electron chi connectivity index (χ2n) is 3.61. The maximum Gasteiger partial charge on any atom is 0.147 e. The third kappa shape index (κ3) is 5.21. The quantitative estimate of drug-likeness (QED) is 0.611. The third-order valence-electron chi connectivity index (χ3n) is 2.08. The Bertz CT molecular complexity index is 125. The summed E-state index contributed by atoms with van der Waals surface area (Å²) >= 11 is 0. The second kappa shape index (κ2) is 6.32. The number of nitrogens with one attached hydrogen (secondary N) is 1. The SMILES string of the molecule is CN(C)CCNCC1CCOCO1. The summed E-state index contributed by atoms with van der Waals surface area (Å²) < 4.78 is 10.5. The Kier molecular flexibility index (Phi) is 5.31. The van der Waals surface area contributed by atoms with Crippen LogP contribution in [0.4, 0.5) is 0 Å². The Hall–Kier alpha value is -0.160. The maximum atomic E-state index is 5.39. The Morgan fingerprint density at radius 3 is 2.92 bits per heavy atom. The fraction of sp³-hybridized carbons (Fsp3) is 1.00. The summed E-state index contributed by atoms with van der Waals surface area (Å²) in [6, 6.07) is 0. The van der Waals surface area contributed by atoms with Crippen LogP contribution >= 0.6 is 0 Å². The molecule has 0 aromatic rings. The van der Waals surface area contributed by atoms with Crippen molar-refractivity contribution >= 4 is 0 Å². The van der Waals surface area contributed by atoms with E-state index in [0.29, 0.717) is 12.9 Å². The molecule has 0 aromatic heterocycles. The molecule has 0 radical (unpaired) electrons. The van der Waals surface area contributed by atoms with E-state index in [0.717, 1.165) is 32.7 Å². The zero-order valence-corrected chi connectivity index (χ0v) is 8.58.